The molecule has 1 amide bonds. The summed E-state index contributed by atoms with van der Waals surface area (Å²) in [5, 5.41) is 2.78. The van der Waals surface area contributed by atoms with Gasteiger partial charge in [-0.3, -0.25) is 4.79 Å². The summed E-state index contributed by atoms with van der Waals surface area (Å²) in [5.74, 6) is -0.0761. The van der Waals surface area contributed by atoms with Gasteiger partial charge in [0.15, 0.2) is 0 Å². The van der Waals surface area contributed by atoms with E-state index in [1.165, 1.54) is 0 Å². The summed E-state index contributed by atoms with van der Waals surface area (Å²) in [5.41, 5.74) is 8.42. The Morgan fingerprint density at radius 2 is 2.10 bits per heavy atom. The van der Waals surface area contributed by atoms with Crippen molar-refractivity contribution in [2.24, 2.45) is 0 Å². The summed E-state index contributed by atoms with van der Waals surface area (Å²) in [4.78, 5) is 14.1. The highest BCUT2D eigenvalue weighted by Gasteiger charge is 2.34. The highest BCUT2D eigenvalue weighted by Crippen LogP contribution is 2.32. The zero-order valence-electron chi connectivity index (χ0n) is 11.8. The number of benzene rings is 1. The number of ether oxygens (including phenoxy) is 1. The predicted molar refractivity (Wildman–Crippen MR) is 79.0 cm³/mol. The molecule has 2 atom stereocenters. The van der Waals surface area contributed by atoms with E-state index < -0.39 is 0 Å². The van der Waals surface area contributed by atoms with Crippen molar-refractivity contribution >= 4 is 17.3 Å². The molecule has 2 heterocycles. The topological polar surface area (TPSA) is 67.6 Å². The van der Waals surface area contributed by atoms with Gasteiger partial charge < -0.3 is 20.7 Å². The molecular weight excluding hydrogens is 254 g/mol. The average Bonchev–Trinajstić information content (AvgIpc) is 2.77. The zero-order chi connectivity index (χ0) is 14.1. The van der Waals surface area contributed by atoms with E-state index in [0.29, 0.717) is 30.0 Å². The summed E-state index contributed by atoms with van der Waals surface area (Å²) < 4.78 is 5.84. The minimum atomic E-state index is -0.0761. The van der Waals surface area contributed by atoms with Crippen LogP contribution in [-0.4, -0.2) is 37.7 Å². The molecule has 0 saturated carbocycles. The van der Waals surface area contributed by atoms with Crippen LogP contribution in [0.3, 0.4) is 0 Å². The number of carbonyl (C=O) groups excluding carboxylic acids is 1. The van der Waals surface area contributed by atoms with Crippen LogP contribution >= 0.6 is 0 Å². The van der Waals surface area contributed by atoms with Crippen LogP contribution in [-0.2, 0) is 4.74 Å². The second-order valence-electron chi connectivity index (χ2n) is 5.50. The van der Waals surface area contributed by atoms with E-state index in [1.807, 2.05) is 19.1 Å². The number of nitrogens with zero attached hydrogens (tertiary/aromatic N) is 1. The Morgan fingerprint density at radius 1 is 1.40 bits per heavy atom. The minimum absolute atomic E-state index is 0.0761. The van der Waals surface area contributed by atoms with Gasteiger partial charge in [-0.25, -0.2) is 0 Å². The fourth-order valence-electron chi connectivity index (χ4n) is 3.06. The van der Waals surface area contributed by atoms with E-state index in [0.717, 1.165) is 31.6 Å². The minimum Gasteiger partial charge on any atom is -0.397 e. The van der Waals surface area contributed by atoms with E-state index >= 15 is 0 Å². The number of nitrogens with two attached hydrogens (primary N) is 1. The maximum absolute atomic E-state index is 11.8. The first kappa shape index (κ1) is 13.2. The maximum Gasteiger partial charge on any atom is 0.251 e. The third-order valence-corrected chi connectivity index (χ3v) is 4.01. The molecule has 0 spiro atoms. The van der Waals surface area contributed by atoms with Crippen LogP contribution in [0.1, 0.15) is 30.1 Å². The Hall–Kier alpha value is -1.75. The lowest BCUT2D eigenvalue weighted by Crippen LogP contribution is -2.43. The van der Waals surface area contributed by atoms with Gasteiger partial charge in [-0.05, 0) is 38.0 Å². The van der Waals surface area contributed by atoms with Gasteiger partial charge in [0.1, 0.15) is 0 Å². The third-order valence-electron chi connectivity index (χ3n) is 4.01. The number of hydrogen-bond acceptors (Lipinski definition) is 4. The van der Waals surface area contributed by atoms with E-state index in [2.05, 4.69) is 10.2 Å². The molecule has 108 valence electrons. The first-order valence-corrected chi connectivity index (χ1v) is 7.25. The molecule has 2 unspecified atom stereocenters. The zero-order valence-corrected chi connectivity index (χ0v) is 11.8. The lowest BCUT2D eigenvalue weighted by Gasteiger charge is -2.34. The van der Waals surface area contributed by atoms with Crippen LogP contribution in [0, 0.1) is 0 Å². The molecule has 2 aliphatic heterocycles. The highest BCUT2D eigenvalue weighted by atomic mass is 16.5. The number of anilines is 2. The average molecular weight is 275 g/mol. The number of morpholine rings is 1. The van der Waals surface area contributed by atoms with E-state index in [9.17, 15) is 4.79 Å². The highest BCUT2D eigenvalue weighted by molar-refractivity contribution is 5.96. The molecule has 5 heteroatoms. The number of nitrogen functional groups attached to an aromatic ring is 1. The number of hydrogen-bond donors (Lipinski definition) is 2. The number of carbonyl (C=O) groups is 1. The van der Waals surface area contributed by atoms with E-state index in [4.69, 9.17) is 10.5 Å². The molecule has 20 heavy (non-hydrogen) atoms. The summed E-state index contributed by atoms with van der Waals surface area (Å²) in [6.07, 6.45) is 2.93. The molecule has 2 saturated heterocycles. The normalized spacial score (nSPS) is 24.8. The lowest BCUT2D eigenvalue weighted by atomic mass is 10.1. The Morgan fingerprint density at radius 3 is 2.70 bits per heavy atom. The molecule has 0 aliphatic carbocycles. The van der Waals surface area contributed by atoms with Crippen LogP contribution in [0.5, 0.6) is 0 Å². The number of rotatable bonds is 3. The lowest BCUT2D eigenvalue weighted by molar-refractivity contribution is 0.0305. The smallest absolute Gasteiger partial charge is 0.251 e. The molecule has 2 fully saturated rings. The summed E-state index contributed by atoms with van der Waals surface area (Å²) in [7, 11) is 0. The van der Waals surface area contributed by atoms with Crippen LogP contribution < -0.4 is 16.0 Å². The Labute approximate surface area is 119 Å². The van der Waals surface area contributed by atoms with Crippen molar-refractivity contribution in [1.82, 2.24) is 5.32 Å². The van der Waals surface area contributed by atoms with Crippen LogP contribution in [0.15, 0.2) is 18.2 Å². The first-order valence-electron chi connectivity index (χ1n) is 7.25. The quantitative estimate of drug-likeness (QED) is 0.818. The maximum atomic E-state index is 11.8. The van der Waals surface area contributed by atoms with Gasteiger partial charge in [0.25, 0.3) is 5.91 Å². The summed E-state index contributed by atoms with van der Waals surface area (Å²) in [6, 6.07) is 5.55. The largest absolute Gasteiger partial charge is 0.397 e. The second-order valence-corrected chi connectivity index (χ2v) is 5.50. The molecule has 1 aromatic carbocycles. The predicted octanol–water partition coefficient (Wildman–Crippen LogP) is 1.39. The van der Waals surface area contributed by atoms with Crippen molar-refractivity contribution in [3.63, 3.8) is 0 Å². The fourth-order valence-corrected chi connectivity index (χ4v) is 3.06. The monoisotopic (exact) mass is 275 g/mol. The van der Waals surface area contributed by atoms with E-state index in [-0.39, 0.29) is 5.91 Å². The standard InChI is InChI=1S/C15H21N3O2/c1-2-17-15(19)10-3-6-14(13(16)7-10)18-8-11-4-5-12(9-18)20-11/h3,6-7,11-12H,2,4-5,8-9,16H2,1H3,(H,17,19). The Bertz CT molecular complexity index is 506. The van der Waals surface area contributed by atoms with Gasteiger partial charge in [0.05, 0.1) is 23.6 Å². The van der Waals surface area contributed by atoms with Gasteiger partial charge in [-0.15, -0.1) is 0 Å². The van der Waals surface area contributed by atoms with Gasteiger partial charge in [0, 0.05) is 25.2 Å². The number of fused-ring (bicyclic) bond motifs is 2. The van der Waals surface area contributed by atoms with Gasteiger partial charge in [-0.2, -0.15) is 0 Å². The van der Waals surface area contributed by atoms with Crippen molar-refractivity contribution in [2.75, 3.05) is 30.3 Å². The molecule has 5 nitrogen and oxygen atoms in total. The molecule has 2 aliphatic rings. The molecular formula is C15H21N3O2. The van der Waals surface area contributed by atoms with E-state index in [1.54, 1.807) is 6.07 Å². The molecule has 3 rings (SSSR count). The Balaban J connectivity index is 1.79. The Kier molecular flexibility index (Phi) is 3.53. The van der Waals surface area contributed by atoms with Crippen LogP contribution in [0.25, 0.3) is 0 Å². The van der Waals surface area contributed by atoms with Crippen molar-refractivity contribution in [2.45, 2.75) is 32.0 Å². The van der Waals surface area contributed by atoms with Crippen molar-refractivity contribution in [3.8, 4) is 0 Å². The summed E-state index contributed by atoms with van der Waals surface area (Å²) >= 11 is 0. The van der Waals surface area contributed by atoms with Gasteiger partial charge in [0.2, 0.25) is 0 Å². The van der Waals surface area contributed by atoms with Crippen molar-refractivity contribution < 1.29 is 9.53 Å². The molecule has 3 N–H and O–H groups in total. The summed E-state index contributed by atoms with van der Waals surface area (Å²) in [6.45, 7) is 4.30. The van der Waals surface area contributed by atoms with Gasteiger partial charge in [-0.1, -0.05) is 0 Å². The molecule has 2 bridgehead atoms. The molecule has 0 aromatic heterocycles. The molecule has 0 radical (unpaired) electrons. The molecule has 1 aromatic rings. The van der Waals surface area contributed by atoms with Crippen molar-refractivity contribution in [1.29, 1.82) is 0 Å². The van der Waals surface area contributed by atoms with Gasteiger partial charge >= 0.3 is 0 Å². The SMILES string of the molecule is CCNC(=O)c1ccc(N2CC3CCC(C2)O3)c(N)c1. The first-order chi connectivity index (χ1) is 9.67. The second kappa shape index (κ2) is 5.32. The van der Waals surface area contributed by atoms with Crippen molar-refractivity contribution in [3.05, 3.63) is 23.8 Å². The van der Waals surface area contributed by atoms with Crippen LogP contribution in [0.4, 0.5) is 11.4 Å². The fraction of sp³-hybridized carbons (Fsp3) is 0.533. The third kappa shape index (κ3) is 2.45. The van der Waals surface area contributed by atoms with Crippen LogP contribution in [0.2, 0.25) is 0 Å². The number of nitrogens with one attached hydrogen (secondary N) is 1. The number of amides is 1.